The van der Waals surface area contributed by atoms with Crippen LogP contribution in [-0.4, -0.2) is 16.8 Å². The van der Waals surface area contributed by atoms with E-state index in [9.17, 15) is 5.11 Å². The van der Waals surface area contributed by atoms with Crippen LogP contribution in [0.25, 0.3) is 0 Å². The molecule has 1 atom stereocenters. The second kappa shape index (κ2) is 5.86. The highest BCUT2D eigenvalue weighted by molar-refractivity contribution is 5.85. The van der Waals surface area contributed by atoms with E-state index in [0.717, 1.165) is 5.56 Å². The van der Waals surface area contributed by atoms with Crippen LogP contribution in [-0.2, 0) is 0 Å². The van der Waals surface area contributed by atoms with Crippen LogP contribution < -0.4 is 5.73 Å². The molecule has 1 unspecified atom stereocenters. The summed E-state index contributed by atoms with van der Waals surface area (Å²) in [7, 11) is 0. The minimum atomic E-state index is -0.287. The van der Waals surface area contributed by atoms with Gasteiger partial charge in [-0.15, -0.1) is 12.4 Å². The summed E-state index contributed by atoms with van der Waals surface area (Å²) in [4.78, 5) is 0. The molecule has 0 amide bonds. The summed E-state index contributed by atoms with van der Waals surface area (Å²) in [6.07, 6.45) is 0.469. The average molecular weight is 218 g/mol. The van der Waals surface area contributed by atoms with Crippen LogP contribution >= 0.6 is 12.4 Å². The number of aliphatic hydroxyl groups is 1. The predicted molar refractivity (Wildman–Crippen MR) is 58.7 cm³/mol. The Labute approximate surface area is 90.0 Å². The van der Waals surface area contributed by atoms with E-state index in [2.05, 4.69) is 0 Å². The normalized spacial score (nSPS) is 11.9. The third-order valence-corrected chi connectivity index (χ3v) is 2.02. The van der Waals surface area contributed by atoms with E-state index >= 15 is 0 Å². The Morgan fingerprint density at radius 3 is 2.64 bits per heavy atom. The first kappa shape index (κ1) is 13.2. The van der Waals surface area contributed by atoms with E-state index in [1.807, 2.05) is 19.1 Å². The molecule has 0 aliphatic rings. The zero-order valence-electron chi connectivity index (χ0n) is 8.10. The first-order valence-electron chi connectivity index (χ1n) is 4.31. The molecule has 0 saturated carbocycles. The van der Waals surface area contributed by atoms with E-state index in [0.29, 0.717) is 12.0 Å². The number of halogens is 1. The number of hydrogen-bond donors (Lipinski definition) is 3. The van der Waals surface area contributed by atoms with Gasteiger partial charge in [-0.05, 0) is 19.4 Å². The number of aliphatic hydroxyl groups excluding tert-OH is 1. The number of aromatic hydroxyl groups is 1. The van der Waals surface area contributed by atoms with Gasteiger partial charge in [0.2, 0.25) is 0 Å². The Kier molecular flexibility index (Phi) is 5.53. The van der Waals surface area contributed by atoms with Crippen LogP contribution in [0.4, 0.5) is 0 Å². The van der Waals surface area contributed by atoms with Crippen LogP contribution in [0, 0.1) is 6.92 Å². The smallest absolute Gasteiger partial charge is 0.120 e. The van der Waals surface area contributed by atoms with Crippen LogP contribution in [0.3, 0.4) is 0 Å². The Bertz CT molecular complexity index is 291. The van der Waals surface area contributed by atoms with E-state index < -0.39 is 0 Å². The zero-order valence-corrected chi connectivity index (χ0v) is 8.92. The van der Waals surface area contributed by atoms with Crippen molar-refractivity contribution in [2.24, 2.45) is 5.73 Å². The van der Waals surface area contributed by atoms with Crippen molar-refractivity contribution < 1.29 is 10.2 Å². The van der Waals surface area contributed by atoms with Crippen LogP contribution in [0.1, 0.15) is 23.6 Å². The number of aryl methyl sites for hydroxylation is 1. The molecule has 3 nitrogen and oxygen atoms in total. The number of rotatable bonds is 3. The summed E-state index contributed by atoms with van der Waals surface area (Å²) >= 11 is 0. The maximum atomic E-state index is 9.47. The molecule has 80 valence electrons. The maximum absolute atomic E-state index is 9.47. The molecule has 0 aromatic heterocycles. The summed E-state index contributed by atoms with van der Waals surface area (Å²) in [6, 6.07) is 5.01. The van der Waals surface area contributed by atoms with E-state index in [1.165, 1.54) is 0 Å². The highest BCUT2D eigenvalue weighted by atomic mass is 35.5. The number of phenols is 1. The third kappa shape index (κ3) is 3.18. The predicted octanol–water partition coefficient (Wildman–Crippen LogP) is 1.50. The summed E-state index contributed by atoms with van der Waals surface area (Å²) in [5, 5.41) is 18.2. The summed E-state index contributed by atoms with van der Waals surface area (Å²) in [5.74, 6) is 0.201. The summed E-state index contributed by atoms with van der Waals surface area (Å²) < 4.78 is 0. The topological polar surface area (TPSA) is 66.5 Å². The second-order valence-electron chi connectivity index (χ2n) is 3.18. The molecule has 0 bridgehead atoms. The van der Waals surface area contributed by atoms with Crippen LogP contribution in [0.5, 0.6) is 5.75 Å². The third-order valence-electron chi connectivity index (χ3n) is 2.02. The van der Waals surface area contributed by atoms with Gasteiger partial charge < -0.3 is 15.9 Å². The molecule has 0 spiro atoms. The fourth-order valence-corrected chi connectivity index (χ4v) is 1.27. The SMILES string of the molecule is Cc1ccc(O)c(C(N)CCO)c1.Cl. The van der Waals surface area contributed by atoms with Crippen LogP contribution in [0.2, 0.25) is 0 Å². The molecule has 0 radical (unpaired) electrons. The molecule has 1 aromatic carbocycles. The zero-order chi connectivity index (χ0) is 9.84. The minimum absolute atomic E-state index is 0. The fraction of sp³-hybridized carbons (Fsp3) is 0.400. The van der Waals surface area contributed by atoms with Crippen molar-refractivity contribution >= 4 is 12.4 Å². The molecule has 14 heavy (non-hydrogen) atoms. The standard InChI is InChI=1S/C10H15NO2.ClH/c1-7-2-3-10(13)8(6-7)9(11)4-5-12;/h2-3,6,9,12-13H,4-5,11H2,1H3;1H. The van der Waals surface area contributed by atoms with Gasteiger partial charge in [-0.25, -0.2) is 0 Å². The van der Waals surface area contributed by atoms with Gasteiger partial charge in [0.25, 0.3) is 0 Å². The van der Waals surface area contributed by atoms with Gasteiger partial charge in [0.05, 0.1) is 0 Å². The lowest BCUT2D eigenvalue weighted by Gasteiger charge is -2.12. The number of nitrogens with two attached hydrogens (primary N) is 1. The Morgan fingerprint density at radius 2 is 2.07 bits per heavy atom. The number of benzene rings is 1. The van der Waals surface area contributed by atoms with Gasteiger partial charge in [-0.1, -0.05) is 17.7 Å². The van der Waals surface area contributed by atoms with Crippen molar-refractivity contribution in [1.29, 1.82) is 0 Å². The van der Waals surface area contributed by atoms with E-state index in [4.69, 9.17) is 10.8 Å². The number of phenolic OH excluding ortho intramolecular Hbond substituents is 1. The molecule has 1 rings (SSSR count). The van der Waals surface area contributed by atoms with Crippen LogP contribution in [0.15, 0.2) is 18.2 Å². The average Bonchev–Trinajstić information content (AvgIpc) is 2.09. The first-order chi connectivity index (χ1) is 6.15. The molecular formula is C10H16ClNO2. The molecule has 0 aliphatic carbocycles. The van der Waals surface area contributed by atoms with Gasteiger partial charge in [0, 0.05) is 18.2 Å². The Balaban J connectivity index is 0.00000169. The second-order valence-corrected chi connectivity index (χ2v) is 3.18. The van der Waals surface area contributed by atoms with Gasteiger partial charge in [0.15, 0.2) is 0 Å². The molecular weight excluding hydrogens is 202 g/mol. The molecule has 4 heteroatoms. The molecule has 4 N–H and O–H groups in total. The quantitative estimate of drug-likeness (QED) is 0.719. The summed E-state index contributed by atoms with van der Waals surface area (Å²) in [5.41, 5.74) is 7.51. The van der Waals surface area contributed by atoms with Gasteiger partial charge >= 0.3 is 0 Å². The molecule has 0 aliphatic heterocycles. The highest BCUT2D eigenvalue weighted by Gasteiger charge is 2.09. The fourth-order valence-electron chi connectivity index (χ4n) is 1.27. The van der Waals surface area contributed by atoms with E-state index in [1.54, 1.807) is 6.07 Å². The molecule has 0 saturated heterocycles. The van der Waals surface area contributed by atoms with Gasteiger partial charge in [-0.3, -0.25) is 0 Å². The summed E-state index contributed by atoms with van der Waals surface area (Å²) in [6.45, 7) is 1.98. The molecule has 1 aromatic rings. The maximum Gasteiger partial charge on any atom is 0.120 e. The van der Waals surface area contributed by atoms with Crippen molar-refractivity contribution in [2.45, 2.75) is 19.4 Å². The van der Waals surface area contributed by atoms with Crippen molar-refractivity contribution in [3.05, 3.63) is 29.3 Å². The minimum Gasteiger partial charge on any atom is -0.508 e. The van der Waals surface area contributed by atoms with Crippen molar-refractivity contribution in [3.63, 3.8) is 0 Å². The monoisotopic (exact) mass is 217 g/mol. The highest BCUT2D eigenvalue weighted by Crippen LogP contribution is 2.25. The number of hydrogen-bond acceptors (Lipinski definition) is 3. The van der Waals surface area contributed by atoms with Gasteiger partial charge in [-0.2, -0.15) is 0 Å². The lowest BCUT2D eigenvalue weighted by atomic mass is 10.0. The van der Waals surface area contributed by atoms with Crippen molar-refractivity contribution in [2.75, 3.05) is 6.61 Å². The van der Waals surface area contributed by atoms with E-state index in [-0.39, 0.29) is 30.8 Å². The van der Waals surface area contributed by atoms with Crippen molar-refractivity contribution in [3.8, 4) is 5.75 Å². The van der Waals surface area contributed by atoms with Crippen molar-refractivity contribution in [1.82, 2.24) is 0 Å². The molecule has 0 fully saturated rings. The Morgan fingerprint density at radius 1 is 1.43 bits per heavy atom. The lowest BCUT2D eigenvalue weighted by Crippen LogP contribution is -2.12. The largest absolute Gasteiger partial charge is 0.508 e. The Hall–Kier alpha value is -0.770. The van der Waals surface area contributed by atoms with Gasteiger partial charge in [0.1, 0.15) is 5.75 Å². The first-order valence-corrected chi connectivity index (χ1v) is 4.31. The lowest BCUT2D eigenvalue weighted by molar-refractivity contribution is 0.275. The molecule has 0 heterocycles.